The summed E-state index contributed by atoms with van der Waals surface area (Å²) in [6.45, 7) is 0. The highest BCUT2D eigenvalue weighted by Crippen LogP contribution is 1.91. The Morgan fingerprint density at radius 2 is 2.30 bits per heavy atom. The van der Waals surface area contributed by atoms with Crippen molar-refractivity contribution in [3.05, 3.63) is 22.6 Å². The van der Waals surface area contributed by atoms with Crippen molar-refractivity contribution in [1.29, 1.82) is 0 Å². The molecule has 0 unspecified atom stereocenters. The van der Waals surface area contributed by atoms with Gasteiger partial charge in [0.1, 0.15) is 6.20 Å². The molecule has 1 aromatic heterocycles. The normalized spacial score (nSPS) is 9.80. The minimum Gasteiger partial charge on any atom is -0.503 e. The van der Waals surface area contributed by atoms with Crippen LogP contribution in [0.15, 0.2) is 17.2 Å². The minimum absolute atomic E-state index is 0.222. The predicted molar refractivity (Wildman–Crippen MR) is 34.5 cm³/mol. The Kier molecular flexibility index (Phi) is 1.45. The van der Waals surface area contributed by atoms with Crippen LogP contribution in [0, 0.1) is 0 Å². The molecule has 4 heteroatoms. The molecule has 0 aliphatic rings. The lowest BCUT2D eigenvalue weighted by Crippen LogP contribution is -2.42. The van der Waals surface area contributed by atoms with E-state index in [-0.39, 0.29) is 11.2 Å². The molecule has 4 nitrogen and oxygen atoms in total. The standard InChI is InChI=1S/C6H8N2O2/c1-7-3-5(9)6(10)4-8(7)2/h3-4H,1-2H3/p+1. The first-order chi connectivity index (χ1) is 4.61. The lowest BCUT2D eigenvalue weighted by Gasteiger charge is -1.94. The number of aromatic hydroxyl groups is 1. The van der Waals surface area contributed by atoms with Gasteiger partial charge < -0.3 is 5.11 Å². The Balaban J connectivity index is 3.43. The molecule has 0 radical (unpaired) electrons. The van der Waals surface area contributed by atoms with E-state index in [0.29, 0.717) is 0 Å². The summed E-state index contributed by atoms with van der Waals surface area (Å²) in [6, 6.07) is 0. The highest BCUT2D eigenvalue weighted by atomic mass is 16.3. The van der Waals surface area contributed by atoms with Crippen LogP contribution in [0.5, 0.6) is 5.75 Å². The SMILES string of the molecule is Cn1cc(O)c(=O)c[n+]1C. The van der Waals surface area contributed by atoms with E-state index in [1.807, 2.05) is 0 Å². The molecule has 0 fully saturated rings. The molecule has 1 N–H and O–H groups in total. The second-order valence-electron chi connectivity index (χ2n) is 2.16. The Bertz CT molecular complexity index is 303. The summed E-state index contributed by atoms with van der Waals surface area (Å²) < 4.78 is 3.19. The number of hydrogen-bond acceptors (Lipinski definition) is 2. The fraction of sp³-hybridized carbons (Fsp3) is 0.333. The van der Waals surface area contributed by atoms with Crippen molar-refractivity contribution in [2.45, 2.75) is 0 Å². The van der Waals surface area contributed by atoms with Gasteiger partial charge in [-0.15, -0.1) is 4.68 Å². The topological polar surface area (TPSA) is 46.1 Å². The Labute approximate surface area is 57.9 Å². The summed E-state index contributed by atoms with van der Waals surface area (Å²) in [6.07, 6.45) is 2.68. The first-order valence-electron chi connectivity index (χ1n) is 2.87. The van der Waals surface area contributed by atoms with Gasteiger partial charge >= 0.3 is 0 Å². The highest BCUT2D eigenvalue weighted by molar-refractivity contribution is 5.09. The molecular formula is C6H9N2O2+. The van der Waals surface area contributed by atoms with Gasteiger partial charge in [0, 0.05) is 0 Å². The Morgan fingerprint density at radius 1 is 1.70 bits per heavy atom. The number of nitrogens with zero attached hydrogens (tertiary/aromatic N) is 2. The maximum absolute atomic E-state index is 10.7. The molecule has 0 bridgehead atoms. The smallest absolute Gasteiger partial charge is 0.287 e. The Morgan fingerprint density at radius 3 is 2.80 bits per heavy atom. The van der Waals surface area contributed by atoms with Crippen molar-refractivity contribution >= 4 is 0 Å². The average Bonchev–Trinajstić information content (AvgIpc) is 1.84. The van der Waals surface area contributed by atoms with Crippen molar-refractivity contribution < 1.29 is 9.79 Å². The molecule has 54 valence electrons. The molecule has 0 spiro atoms. The molecule has 10 heavy (non-hydrogen) atoms. The third kappa shape index (κ3) is 1.00. The van der Waals surface area contributed by atoms with Gasteiger partial charge in [-0.05, 0) is 0 Å². The first kappa shape index (κ1) is 6.80. The monoisotopic (exact) mass is 141 g/mol. The van der Waals surface area contributed by atoms with E-state index in [1.54, 1.807) is 23.5 Å². The van der Waals surface area contributed by atoms with E-state index in [9.17, 15) is 4.79 Å². The van der Waals surface area contributed by atoms with Gasteiger partial charge in [-0.1, -0.05) is 0 Å². The van der Waals surface area contributed by atoms with Gasteiger partial charge in [-0.2, -0.15) is 4.68 Å². The van der Waals surface area contributed by atoms with Crippen LogP contribution in [0.25, 0.3) is 0 Å². The summed E-state index contributed by atoms with van der Waals surface area (Å²) >= 11 is 0. The molecule has 0 atom stereocenters. The van der Waals surface area contributed by atoms with Crippen molar-refractivity contribution in [2.24, 2.45) is 14.1 Å². The lowest BCUT2D eigenvalue weighted by molar-refractivity contribution is -0.756. The van der Waals surface area contributed by atoms with E-state index in [0.717, 1.165) is 0 Å². The summed E-state index contributed by atoms with van der Waals surface area (Å²) in [5.74, 6) is -0.222. The molecule has 1 rings (SSSR count). The fourth-order valence-corrected chi connectivity index (χ4v) is 0.659. The van der Waals surface area contributed by atoms with Crippen LogP contribution in [0.3, 0.4) is 0 Å². The van der Waals surface area contributed by atoms with Gasteiger partial charge in [-0.3, -0.25) is 4.79 Å². The third-order valence-electron chi connectivity index (χ3n) is 1.36. The van der Waals surface area contributed by atoms with E-state index < -0.39 is 0 Å². The molecule has 1 aromatic rings. The van der Waals surface area contributed by atoms with Crippen LogP contribution in [0.1, 0.15) is 0 Å². The van der Waals surface area contributed by atoms with Crippen LogP contribution < -0.4 is 10.1 Å². The Hall–Kier alpha value is -1.32. The molecule has 0 amide bonds. The van der Waals surface area contributed by atoms with E-state index in [1.165, 1.54) is 12.4 Å². The average molecular weight is 141 g/mol. The van der Waals surface area contributed by atoms with Crippen molar-refractivity contribution in [3.63, 3.8) is 0 Å². The first-order valence-corrected chi connectivity index (χ1v) is 2.87. The van der Waals surface area contributed by atoms with Gasteiger partial charge in [0.15, 0.2) is 12.8 Å². The van der Waals surface area contributed by atoms with Crippen molar-refractivity contribution in [3.8, 4) is 5.75 Å². The zero-order chi connectivity index (χ0) is 7.72. The summed E-state index contributed by atoms with van der Waals surface area (Å²) in [5.41, 5.74) is -0.361. The van der Waals surface area contributed by atoms with Gasteiger partial charge in [-0.25, -0.2) is 0 Å². The lowest BCUT2D eigenvalue weighted by atomic mass is 10.5. The molecule has 0 aliphatic carbocycles. The molecule has 1 heterocycles. The van der Waals surface area contributed by atoms with Crippen LogP contribution in [0.4, 0.5) is 0 Å². The summed E-state index contributed by atoms with van der Waals surface area (Å²) in [4.78, 5) is 10.7. The summed E-state index contributed by atoms with van der Waals surface area (Å²) in [5, 5.41) is 8.88. The highest BCUT2D eigenvalue weighted by Gasteiger charge is 2.02. The molecular weight excluding hydrogens is 132 g/mol. The number of aromatic nitrogens is 2. The number of hydrogen-bond donors (Lipinski definition) is 1. The second kappa shape index (κ2) is 2.13. The van der Waals surface area contributed by atoms with Gasteiger partial charge in [0.05, 0.1) is 7.05 Å². The fourth-order valence-electron chi connectivity index (χ4n) is 0.659. The minimum atomic E-state index is -0.361. The molecule has 0 aliphatic heterocycles. The van der Waals surface area contributed by atoms with Crippen LogP contribution in [0.2, 0.25) is 0 Å². The van der Waals surface area contributed by atoms with Crippen LogP contribution >= 0.6 is 0 Å². The predicted octanol–water partition coefficient (Wildman–Crippen LogP) is -1.08. The summed E-state index contributed by atoms with van der Waals surface area (Å²) in [7, 11) is 3.46. The van der Waals surface area contributed by atoms with E-state index in [2.05, 4.69) is 0 Å². The number of rotatable bonds is 0. The van der Waals surface area contributed by atoms with Crippen LogP contribution in [-0.2, 0) is 14.1 Å². The zero-order valence-electron chi connectivity index (χ0n) is 5.90. The zero-order valence-corrected chi connectivity index (χ0v) is 5.90. The van der Waals surface area contributed by atoms with E-state index >= 15 is 0 Å². The van der Waals surface area contributed by atoms with Crippen molar-refractivity contribution in [1.82, 2.24) is 4.68 Å². The van der Waals surface area contributed by atoms with Gasteiger partial charge in [0.25, 0.3) is 5.43 Å². The van der Waals surface area contributed by atoms with E-state index in [4.69, 9.17) is 5.11 Å². The quantitative estimate of drug-likeness (QED) is 0.467. The van der Waals surface area contributed by atoms with Crippen LogP contribution in [-0.4, -0.2) is 9.79 Å². The van der Waals surface area contributed by atoms with Crippen molar-refractivity contribution in [2.75, 3.05) is 0 Å². The number of aryl methyl sites for hydroxylation is 2. The maximum atomic E-state index is 10.7. The molecule has 0 saturated carbocycles. The largest absolute Gasteiger partial charge is 0.503 e. The molecule has 0 saturated heterocycles. The maximum Gasteiger partial charge on any atom is 0.287 e. The second-order valence-corrected chi connectivity index (χ2v) is 2.16. The molecule has 0 aromatic carbocycles. The third-order valence-corrected chi connectivity index (χ3v) is 1.36. The van der Waals surface area contributed by atoms with Gasteiger partial charge in [0.2, 0.25) is 6.20 Å².